The lowest BCUT2D eigenvalue weighted by molar-refractivity contribution is -0.347. The zero-order valence-corrected chi connectivity index (χ0v) is 34.6. The standard InChI is InChI=1S/C41H55N3O19/c1-18-28(47)30(49)31(50)39(58-18)63-32-22(42-35(51)23-16-27(46)44-41(56)43-23)14-21(37(54)57-2)15-24(32)60-40-34(62-38(55)20-11-7-4-8-12-20)33(29(48)26(17-45)61-40)59-25(36(52)53)13-19-9-5-3-6-10-19/h4,7-8,11-12,16,18-19,21-22,24-26,28-34,39-40,45,47-50H,3,5-6,9-10,13-15,17H2,1-2H3,(H,42,51)(H,52,53)(H2,43,44,46,56)/t18-,21+,22-,24+,25-,26+,28+,29-,30+,31-,32+,33-,34+,39-,40+/m0/s1. The Morgan fingerprint density at radius 2 is 1.57 bits per heavy atom. The molecular formula is C41H55N3O19. The Balaban J connectivity index is 1.40. The molecule has 0 bridgehead atoms. The second-order valence-corrected chi connectivity index (χ2v) is 16.3. The molecule has 4 aliphatic rings. The number of methoxy groups -OCH3 is 1. The first-order chi connectivity index (χ1) is 30.1. The van der Waals surface area contributed by atoms with Crippen LogP contribution in [0, 0.1) is 11.8 Å². The number of carbonyl (C=O) groups excluding carboxylic acids is 3. The highest BCUT2D eigenvalue weighted by Gasteiger charge is 2.54. The van der Waals surface area contributed by atoms with Gasteiger partial charge in [-0.3, -0.25) is 19.4 Å². The lowest BCUT2D eigenvalue weighted by Crippen LogP contribution is -2.65. The zero-order chi connectivity index (χ0) is 45.5. The number of nitrogens with one attached hydrogen (secondary N) is 3. The van der Waals surface area contributed by atoms with E-state index in [4.69, 9.17) is 33.2 Å². The van der Waals surface area contributed by atoms with Crippen LogP contribution in [0.1, 0.15) is 79.1 Å². The third kappa shape index (κ3) is 11.6. The van der Waals surface area contributed by atoms with Gasteiger partial charge in [-0.25, -0.2) is 14.4 Å². The molecule has 348 valence electrons. The van der Waals surface area contributed by atoms with Gasteiger partial charge < -0.3 is 74.1 Å². The highest BCUT2D eigenvalue weighted by atomic mass is 16.7. The predicted octanol–water partition coefficient (Wildman–Crippen LogP) is -1.54. The third-order valence-corrected chi connectivity index (χ3v) is 12.0. The number of aromatic amines is 2. The summed E-state index contributed by atoms with van der Waals surface area (Å²) in [7, 11) is 1.11. The minimum Gasteiger partial charge on any atom is -0.479 e. The number of esters is 2. The average molecular weight is 894 g/mol. The maximum Gasteiger partial charge on any atom is 0.338 e. The molecule has 2 saturated heterocycles. The molecule has 2 saturated carbocycles. The minimum absolute atomic E-state index is 0.0304. The maximum atomic E-state index is 13.8. The second kappa shape index (κ2) is 21.4. The number of hydrogen-bond donors (Lipinski definition) is 9. The van der Waals surface area contributed by atoms with Crippen molar-refractivity contribution in [2.45, 2.75) is 144 Å². The first kappa shape index (κ1) is 47.8. The fourth-order valence-corrected chi connectivity index (χ4v) is 8.64. The Hall–Kier alpha value is -4.62. The maximum absolute atomic E-state index is 13.8. The van der Waals surface area contributed by atoms with Crippen LogP contribution in [-0.4, -0.2) is 164 Å². The molecule has 2 aliphatic heterocycles. The number of carboxylic acids is 1. The monoisotopic (exact) mass is 893 g/mol. The van der Waals surface area contributed by atoms with Gasteiger partial charge in [0.25, 0.3) is 11.5 Å². The summed E-state index contributed by atoms with van der Waals surface area (Å²) < 4.78 is 41.7. The normalized spacial score (nSPS) is 34.3. The number of hydrogen-bond acceptors (Lipinski definition) is 18. The van der Waals surface area contributed by atoms with E-state index in [0.717, 1.165) is 45.3 Å². The molecule has 22 nitrogen and oxygen atoms in total. The lowest BCUT2D eigenvalue weighted by Gasteiger charge is -2.48. The van der Waals surface area contributed by atoms with Gasteiger partial charge in [0, 0.05) is 6.07 Å². The molecule has 1 amide bonds. The summed E-state index contributed by atoms with van der Waals surface area (Å²) in [6.45, 7) is 0.519. The molecule has 0 unspecified atom stereocenters. The number of carbonyl (C=O) groups is 4. The van der Waals surface area contributed by atoms with Crippen molar-refractivity contribution in [3.63, 3.8) is 0 Å². The van der Waals surface area contributed by atoms with Crippen molar-refractivity contribution >= 4 is 23.8 Å². The van der Waals surface area contributed by atoms with E-state index >= 15 is 0 Å². The third-order valence-electron chi connectivity index (χ3n) is 12.0. The van der Waals surface area contributed by atoms with Crippen LogP contribution >= 0.6 is 0 Å². The van der Waals surface area contributed by atoms with Crippen LogP contribution in [0.3, 0.4) is 0 Å². The summed E-state index contributed by atoms with van der Waals surface area (Å²) in [5, 5.41) is 67.2. The number of benzene rings is 1. The molecule has 22 heteroatoms. The largest absolute Gasteiger partial charge is 0.479 e. The minimum atomic E-state index is -1.90. The average Bonchev–Trinajstić information content (AvgIpc) is 3.26. The van der Waals surface area contributed by atoms with Gasteiger partial charge >= 0.3 is 23.6 Å². The van der Waals surface area contributed by atoms with Crippen LogP contribution in [0.25, 0.3) is 0 Å². The number of aliphatic carboxylic acids is 1. The molecule has 1 aromatic carbocycles. The Morgan fingerprint density at radius 3 is 2.22 bits per heavy atom. The van der Waals surface area contributed by atoms with Gasteiger partial charge in [0.2, 0.25) is 0 Å². The molecule has 2 aromatic rings. The predicted molar refractivity (Wildman–Crippen MR) is 211 cm³/mol. The molecule has 15 atom stereocenters. The lowest BCUT2D eigenvalue weighted by atomic mass is 9.81. The number of amides is 1. The first-order valence-electron chi connectivity index (χ1n) is 20.9. The van der Waals surface area contributed by atoms with Gasteiger partial charge in [0.05, 0.1) is 43.4 Å². The first-order valence-corrected chi connectivity index (χ1v) is 20.9. The number of carboxylic acid groups (broad SMARTS) is 1. The second-order valence-electron chi connectivity index (χ2n) is 16.3. The number of aliphatic hydroxyl groups excluding tert-OH is 5. The van der Waals surface area contributed by atoms with Gasteiger partial charge in [-0.2, -0.15) is 0 Å². The van der Waals surface area contributed by atoms with Gasteiger partial charge in [-0.05, 0) is 44.2 Å². The molecule has 3 heterocycles. The van der Waals surface area contributed by atoms with E-state index in [-0.39, 0.29) is 30.7 Å². The van der Waals surface area contributed by atoms with E-state index in [2.05, 4.69) is 10.3 Å². The smallest absolute Gasteiger partial charge is 0.338 e. The summed E-state index contributed by atoms with van der Waals surface area (Å²) in [5.74, 6) is -5.30. The van der Waals surface area contributed by atoms with Crippen LogP contribution in [0.4, 0.5) is 0 Å². The Kier molecular flexibility index (Phi) is 16.2. The summed E-state index contributed by atoms with van der Waals surface area (Å²) >= 11 is 0. The molecule has 9 N–H and O–H groups in total. The quantitative estimate of drug-likeness (QED) is 0.0915. The molecule has 63 heavy (non-hydrogen) atoms. The van der Waals surface area contributed by atoms with Crippen molar-refractivity contribution in [2.24, 2.45) is 11.8 Å². The molecule has 2 aliphatic carbocycles. The van der Waals surface area contributed by atoms with Gasteiger partial charge in [-0.15, -0.1) is 0 Å². The Morgan fingerprint density at radius 1 is 0.857 bits per heavy atom. The number of aliphatic hydroxyl groups is 5. The van der Waals surface area contributed by atoms with Gasteiger partial charge in [0.15, 0.2) is 24.8 Å². The fourth-order valence-electron chi connectivity index (χ4n) is 8.64. The van der Waals surface area contributed by atoms with Gasteiger partial charge in [0.1, 0.15) is 48.4 Å². The number of rotatable bonds is 15. The van der Waals surface area contributed by atoms with Gasteiger partial charge in [-0.1, -0.05) is 50.3 Å². The van der Waals surface area contributed by atoms with E-state index in [9.17, 15) is 59.4 Å². The van der Waals surface area contributed by atoms with Crippen LogP contribution in [0.2, 0.25) is 0 Å². The van der Waals surface area contributed by atoms with E-state index in [0.29, 0.717) is 0 Å². The van der Waals surface area contributed by atoms with Crippen molar-refractivity contribution in [3.05, 3.63) is 68.5 Å². The van der Waals surface area contributed by atoms with Crippen molar-refractivity contribution in [1.82, 2.24) is 15.3 Å². The van der Waals surface area contributed by atoms with Crippen LogP contribution in [0.15, 0.2) is 46.0 Å². The van der Waals surface area contributed by atoms with Crippen LogP contribution < -0.4 is 16.6 Å². The molecule has 4 fully saturated rings. The number of aromatic nitrogens is 2. The molecular weight excluding hydrogens is 838 g/mol. The van der Waals surface area contributed by atoms with E-state index in [1.54, 1.807) is 18.2 Å². The van der Waals surface area contributed by atoms with E-state index in [1.165, 1.54) is 19.1 Å². The van der Waals surface area contributed by atoms with Crippen molar-refractivity contribution in [1.29, 1.82) is 0 Å². The summed E-state index contributed by atoms with van der Waals surface area (Å²) in [4.78, 5) is 81.9. The van der Waals surface area contributed by atoms with Crippen LogP contribution in [0.5, 0.6) is 0 Å². The van der Waals surface area contributed by atoms with Crippen molar-refractivity contribution in [2.75, 3.05) is 13.7 Å². The van der Waals surface area contributed by atoms with Crippen molar-refractivity contribution in [3.8, 4) is 0 Å². The van der Waals surface area contributed by atoms with E-state index in [1.807, 2.05) is 4.98 Å². The van der Waals surface area contributed by atoms with Crippen LogP contribution in [-0.2, 0) is 42.7 Å². The topological polar surface area (TPSA) is 332 Å². The van der Waals surface area contributed by atoms with Crippen molar-refractivity contribution < 1.29 is 83.0 Å². The highest BCUT2D eigenvalue weighted by Crippen LogP contribution is 2.38. The van der Waals surface area contributed by atoms with E-state index < -0.39 is 139 Å². The molecule has 0 spiro atoms. The molecule has 1 aromatic heterocycles. The zero-order valence-electron chi connectivity index (χ0n) is 34.6. The fraction of sp³-hybridized carbons (Fsp3) is 0.659. The SMILES string of the molecule is COC(=O)[C@@H]1C[C@H](NC(=O)c2cc(=O)[nH]c(=O)[nH]2)[C@@H](O[C@@H]2O[C@@H](C)[C@@H](O)[C@@H](O)[C@@H]2O)[C@H](O[C@@H]2O[C@H](CO)[C@H](O)[C@H](O[C@@H](CC3CCCCC3)C(=O)O)[C@H]2OC(=O)c2ccccc2)C1. The summed E-state index contributed by atoms with van der Waals surface area (Å²) in [6, 6.07) is 7.07. The highest BCUT2D eigenvalue weighted by molar-refractivity contribution is 5.92. The summed E-state index contributed by atoms with van der Waals surface area (Å²) in [5.41, 5.74) is -2.38. The Labute approximate surface area is 359 Å². The number of ether oxygens (including phenoxy) is 7. The molecule has 0 radical (unpaired) electrons. The number of H-pyrrole nitrogens is 2. The molecule has 6 rings (SSSR count). The Bertz CT molecular complexity index is 1960. The summed E-state index contributed by atoms with van der Waals surface area (Å²) in [6.07, 6.45) is -17.6.